The maximum absolute atomic E-state index is 11.5. The van der Waals surface area contributed by atoms with Crippen LogP contribution in [0, 0.1) is 5.92 Å². The van der Waals surface area contributed by atoms with Gasteiger partial charge in [-0.2, -0.15) is 0 Å². The third-order valence-electron chi connectivity index (χ3n) is 2.45. The third-order valence-corrected chi connectivity index (χ3v) is 2.45. The zero-order valence-corrected chi connectivity index (χ0v) is 11.0. The number of hydrogen-bond acceptors (Lipinski definition) is 4. The fourth-order valence-electron chi connectivity index (χ4n) is 1.40. The van der Waals surface area contributed by atoms with Crippen molar-refractivity contribution >= 4 is 11.7 Å². The Balaban J connectivity index is 2.56. The zero-order valence-electron chi connectivity index (χ0n) is 11.0. The number of hydrogen-bond donors (Lipinski definition) is 1. The highest BCUT2D eigenvalue weighted by Crippen LogP contribution is 2.07. The average molecular weight is 249 g/mol. The minimum atomic E-state index is -0.219. The monoisotopic (exact) mass is 249 g/mol. The lowest BCUT2D eigenvalue weighted by Crippen LogP contribution is -2.12. The molecule has 4 heteroatoms. The summed E-state index contributed by atoms with van der Waals surface area (Å²) in [5.74, 6) is 0.128. The molecule has 0 amide bonds. The predicted molar refractivity (Wildman–Crippen MR) is 69.9 cm³/mol. The molecule has 0 radical (unpaired) electrons. The van der Waals surface area contributed by atoms with E-state index in [1.54, 1.807) is 6.92 Å². The van der Waals surface area contributed by atoms with Gasteiger partial charge in [0.2, 0.25) is 0 Å². The topological polar surface area (TPSA) is 58.9 Å². The van der Waals surface area contributed by atoms with E-state index in [0.29, 0.717) is 18.2 Å². The van der Waals surface area contributed by atoms with Crippen LogP contribution in [0.1, 0.15) is 31.9 Å². The first-order valence-corrected chi connectivity index (χ1v) is 5.96. The highest BCUT2D eigenvalue weighted by Gasteiger charge is 2.06. The summed E-state index contributed by atoms with van der Waals surface area (Å²) < 4.78 is 5.10. The van der Waals surface area contributed by atoms with Crippen molar-refractivity contribution < 1.29 is 14.7 Å². The molecule has 0 aliphatic rings. The normalized spacial score (nSPS) is 11.7. The molecular weight excluding hydrogens is 230 g/mol. The van der Waals surface area contributed by atoms with Gasteiger partial charge in [-0.25, -0.2) is 0 Å². The number of ether oxygens (including phenoxy) is 1. The van der Waals surface area contributed by atoms with E-state index in [-0.39, 0.29) is 12.4 Å². The van der Waals surface area contributed by atoms with E-state index >= 15 is 0 Å². The molecule has 0 aliphatic heterocycles. The second kappa shape index (κ2) is 6.79. The molecule has 1 N–H and O–H groups in total. The standard InChI is InChI=1S/C14H19NO3/c1-10(2)9-18-14(16)8-12-4-6-13(7-5-12)11(3)15-17/h4-7,10,17H,8-9H2,1-3H3/b15-11-. The quantitative estimate of drug-likeness (QED) is 0.378. The first kappa shape index (κ1) is 14.2. The van der Waals surface area contributed by atoms with E-state index < -0.39 is 0 Å². The molecule has 0 heterocycles. The third kappa shape index (κ3) is 4.57. The van der Waals surface area contributed by atoms with Gasteiger partial charge in [0, 0.05) is 0 Å². The summed E-state index contributed by atoms with van der Waals surface area (Å²) in [5.41, 5.74) is 2.26. The van der Waals surface area contributed by atoms with Crippen molar-refractivity contribution in [2.24, 2.45) is 11.1 Å². The van der Waals surface area contributed by atoms with Crippen LogP contribution in [0.4, 0.5) is 0 Å². The first-order valence-electron chi connectivity index (χ1n) is 5.96. The van der Waals surface area contributed by atoms with E-state index in [9.17, 15) is 4.79 Å². The van der Waals surface area contributed by atoms with Crippen LogP contribution >= 0.6 is 0 Å². The van der Waals surface area contributed by atoms with E-state index in [0.717, 1.165) is 11.1 Å². The van der Waals surface area contributed by atoms with Crippen LogP contribution in [0.2, 0.25) is 0 Å². The number of rotatable bonds is 5. The fraction of sp³-hybridized carbons (Fsp3) is 0.429. The fourth-order valence-corrected chi connectivity index (χ4v) is 1.40. The summed E-state index contributed by atoms with van der Waals surface area (Å²) in [6, 6.07) is 7.31. The second-order valence-electron chi connectivity index (χ2n) is 4.64. The number of carbonyl (C=O) groups is 1. The Hall–Kier alpha value is -1.84. The lowest BCUT2D eigenvalue weighted by Gasteiger charge is -2.07. The Labute approximate surface area is 107 Å². The molecule has 1 aromatic carbocycles. The number of nitrogens with zero attached hydrogens (tertiary/aromatic N) is 1. The molecule has 0 unspecified atom stereocenters. The molecule has 18 heavy (non-hydrogen) atoms. The molecule has 1 aromatic rings. The summed E-state index contributed by atoms with van der Waals surface area (Å²) in [7, 11) is 0. The van der Waals surface area contributed by atoms with Crippen molar-refractivity contribution in [2.75, 3.05) is 6.61 Å². The van der Waals surface area contributed by atoms with E-state index in [1.165, 1.54) is 0 Å². The van der Waals surface area contributed by atoms with Gasteiger partial charge in [0.1, 0.15) is 0 Å². The van der Waals surface area contributed by atoms with Crippen molar-refractivity contribution in [3.05, 3.63) is 35.4 Å². The van der Waals surface area contributed by atoms with Crippen molar-refractivity contribution in [2.45, 2.75) is 27.2 Å². The average Bonchev–Trinajstić information content (AvgIpc) is 2.36. The molecule has 0 fully saturated rings. The Morgan fingerprint density at radius 3 is 2.44 bits per heavy atom. The molecule has 0 aliphatic carbocycles. The van der Waals surface area contributed by atoms with Crippen LogP contribution in [-0.4, -0.2) is 23.5 Å². The van der Waals surface area contributed by atoms with Gasteiger partial charge in [0.15, 0.2) is 0 Å². The van der Waals surface area contributed by atoms with E-state index in [1.807, 2.05) is 38.1 Å². The number of carbonyl (C=O) groups excluding carboxylic acids is 1. The summed E-state index contributed by atoms with van der Waals surface area (Å²) >= 11 is 0. The van der Waals surface area contributed by atoms with Gasteiger partial charge in [-0.05, 0) is 24.0 Å². The van der Waals surface area contributed by atoms with Crippen LogP contribution in [0.25, 0.3) is 0 Å². The van der Waals surface area contributed by atoms with Gasteiger partial charge in [-0.1, -0.05) is 43.3 Å². The minimum absolute atomic E-state index is 0.219. The lowest BCUT2D eigenvalue weighted by molar-refractivity contribution is -0.143. The lowest BCUT2D eigenvalue weighted by atomic mass is 10.1. The van der Waals surface area contributed by atoms with Gasteiger partial charge < -0.3 is 9.94 Å². The van der Waals surface area contributed by atoms with Crippen molar-refractivity contribution in [3.8, 4) is 0 Å². The van der Waals surface area contributed by atoms with Gasteiger partial charge in [0.25, 0.3) is 0 Å². The summed E-state index contributed by atoms with van der Waals surface area (Å²) in [6.07, 6.45) is 0.266. The maximum atomic E-state index is 11.5. The second-order valence-corrected chi connectivity index (χ2v) is 4.64. The highest BCUT2D eigenvalue weighted by atomic mass is 16.5. The number of benzene rings is 1. The Bertz CT molecular complexity index is 421. The van der Waals surface area contributed by atoms with Crippen LogP contribution in [-0.2, 0) is 16.0 Å². The van der Waals surface area contributed by atoms with E-state index in [2.05, 4.69) is 5.16 Å². The summed E-state index contributed by atoms with van der Waals surface area (Å²) in [5, 5.41) is 11.8. The molecule has 1 rings (SSSR count). The molecule has 4 nitrogen and oxygen atoms in total. The largest absolute Gasteiger partial charge is 0.465 e. The molecule has 0 saturated heterocycles. The molecule has 98 valence electrons. The number of oxime groups is 1. The Kier molecular flexibility index (Phi) is 5.36. The van der Waals surface area contributed by atoms with Crippen LogP contribution in [0.3, 0.4) is 0 Å². The van der Waals surface area contributed by atoms with Crippen LogP contribution in [0.15, 0.2) is 29.4 Å². The van der Waals surface area contributed by atoms with Crippen molar-refractivity contribution in [3.63, 3.8) is 0 Å². The van der Waals surface area contributed by atoms with Gasteiger partial charge in [-0.3, -0.25) is 4.79 Å². The highest BCUT2D eigenvalue weighted by molar-refractivity contribution is 5.98. The van der Waals surface area contributed by atoms with Gasteiger partial charge in [-0.15, -0.1) is 0 Å². The van der Waals surface area contributed by atoms with Gasteiger partial charge in [0.05, 0.1) is 18.7 Å². The van der Waals surface area contributed by atoms with Crippen LogP contribution in [0.5, 0.6) is 0 Å². The Morgan fingerprint density at radius 1 is 1.33 bits per heavy atom. The Morgan fingerprint density at radius 2 is 1.94 bits per heavy atom. The molecular formula is C14H19NO3. The molecule has 0 aromatic heterocycles. The minimum Gasteiger partial charge on any atom is -0.465 e. The van der Waals surface area contributed by atoms with Crippen LogP contribution < -0.4 is 0 Å². The summed E-state index contributed by atoms with van der Waals surface area (Å²) in [6.45, 7) is 6.16. The molecule has 0 spiro atoms. The van der Waals surface area contributed by atoms with Gasteiger partial charge >= 0.3 is 5.97 Å². The van der Waals surface area contributed by atoms with Crippen molar-refractivity contribution in [1.82, 2.24) is 0 Å². The molecule has 0 saturated carbocycles. The smallest absolute Gasteiger partial charge is 0.310 e. The van der Waals surface area contributed by atoms with E-state index in [4.69, 9.17) is 9.94 Å². The number of esters is 1. The molecule has 0 atom stereocenters. The molecule has 0 bridgehead atoms. The zero-order chi connectivity index (χ0) is 13.5. The predicted octanol–water partition coefficient (Wildman–Crippen LogP) is 2.63. The maximum Gasteiger partial charge on any atom is 0.310 e. The summed E-state index contributed by atoms with van der Waals surface area (Å²) in [4.78, 5) is 11.5. The SMILES string of the molecule is C/C(=N/O)c1ccc(CC(=O)OCC(C)C)cc1. The van der Waals surface area contributed by atoms with Crippen molar-refractivity contribution in [1.29, 1.82) is 0 Å². The first-order chi connectivity index (χ1) is 8.52.